The highest BCUT2D eigenvalue weighted by atomic mass is 16.5. The van der Waals surface area contributed by atoms with Crippen LogP contribution in [0.5, 0.6) is 0 Å². The van der Waals surface area contributed by atoms with Crippen LogP contribution in [-0.4, -0.2) is 6.61 Å². The summed E-state index contributed by atoms with van der Waals surface area (Å²) in [5, 5.41) is 0. The van der Waals surface area contributed by atoms with E-state index >= 15 is 0 Å². The fraction of sp³-hybridized carbons (Fsp3) is 0.750. The highest BCUT2D eigenvalue weighted by molar-refractivity contribution is 5.12. The highest BCUT2D eigenvalue weighted by Crippen LogP contribution is 2.24. The van der Waals surface area contributed by atoms with E-state index in [1.807, 2.05) is 0 Å². The average molecular weight is 126 g/mol. The summed E-state index contributed by atoms with van der Waals surface area (Å²) in [5.74, 6) is 1.83. The molecule has 1 aliphatic rings. The molecule has 0 N–H and O–H groups in total. The molecular weight excluding hydrogens is 112 g/mol. The first kappa shape index (κ1) is 6.66. The molecular formula is C8H14O. The van der Waals surface area contributed by atoms with E-state index in [4.69, 9.17) is 4.74 Å². The normalized spacial score (nSPS) is 19.1. The van der Waals surface area contributed by atoms with Crippen LogP contribution in [0.2, 0.25) is 0 Å². The Morgan fingerprint density at radius 1 is 1.44 bits per heavy atom. The van der Waals surface area contributed by atoms with Crippen molar-refractivity contribution >= 4 is 0 Å². The standard InChI is InChI=1S/C8H14O/c1-6(2)8-4-5-9-7(8)3/h6H,4-5H2,1-3H3. The molecule has 1 rings (SSSR count). The third-order valence-corrected chi connectivity index (χ3v) is 1.84. The Morgan fingerprint density at radius 2 is 2.11 bits per heavy atom. The fourth-order valence-electron chi connectivity index (χ4n) is 1.28. The van der Waals surface area contributed by atoms with E-state index in [1.54, 1.807) is 0 Å². The molecule has 0 bridgehead atoms. The Kier molecular flexibility index (Phi) is 1.79. The maximum Gasteiger partial charge on any atom is 0.0924 e. The molecule has 1 heteroatoms. The Bertz CT molecular complexity index is 134. The van der Waals surface area contributed by atoms with Crippen molar-refractivity contribution in [3.8, 4) is 0 Å². The lowest BCUT2D eigenvalue weighted by Crippen LogP contribution is -1.91. The van der Waals surface area contributed by atoms with Crippen molar-refractivity contribution in [2.24, 2.45) is 5.92 Å². The Morgan fingerprint density at radius 3 is 2.33 bits per heavy atom. The van der Waals surface area contributed by atoms with Gasteiger partial charge in [0.15, 0.2) is 0 Å². The van der Waals surface area contributed by atoms with Gasteiger partial charge in [0.25, 0.3) is 0 Å². The number of ether oxygens (including phenoxy) is 1. The van der Waals surface area contributed by atoms with Gasteiger partial charge in [0.2, 0.25) is 0 Å². The van der Waals surface area contributed by atoms with Crippen LogP contribution in [0.1, 0.15) is 27.2 Å². The molecule has 0 spiro atoms. The zero-order chi connectivity index (χ0) is 6.85. The van der Waals surface area contributed by atoms with Crippen LogP contribution in [-0.2, 0) is 4.74 Å². The molecule has 0 atom stereocenters. The SMILES string of the molecule is CC1=C(C(C)C)CCO1. The Labute approximate surface area is 56.7 Å². The second kappa shape index (κ2) is 2.42. The number of hydrogen-bond donors (Lipinski definition) is 0. The summed E-state index contributed by atoms with van der Waals surface area (Å²) in [6.07, 6.45) is 1.14. The molecule has 0 radical (unpaired) electrons. The van der Waals surface area contributed by atoms with Gasteiger partial charge in [-0.1, -0.05) is 13.8 Å². The second-order valence-corrected chi connectivity index (χ2v) is 2.83. The lowest BCUT2D eigenvalue weighted by molar-refractivity contribution is 0.246. The van der Waals surface area contributed by atoms with Crippen molar-refractivity contribution in [1.82, 2.24) is 0 Å². The summed E-state index contributed by atoms with van der Waals surface area (Å²) >= 11 is 0. The van der Waals surface area contributed by atoms with E-state index in [9.17, 15) is 0 Å². The molecule has 0 saturated carbocycles. The van der Waals surface area contributed by atoms with Gasteiger partial charge >= 0.3 is 0 Å². The van der Waals surface area contributed by atoms with Crippen molar-refractivity contribution in [3.05, 3.63) is 11.3 Å². The Hall–Kier alpha value is -0.460. The monoisotopic (exact) mass is 126 g/mol. The summed E-state index contributed by atoms with van der Waals surface area (Å²) in [7, 11) is 0. The minimum Gasteiger partial charge on any atom is -0.498 e. The lowest BCUT2D eigenvalue weighted by atomic mass is 10.0. The largest absolute Gasteiger partial charge is 0.498 e. The van der Waals surface area contributed by atoms with Crippen molar-refractivity contribution in [2.45, 2.75) is 27.2 Å². The lowest BCUT2D eigenvalue weighted by Gasteiger charge is -2.03. The van der Waals surface area contributed by atoms with Crippen molar-refractivity contribution < 1.29 is 4.74 Å². The molecule has 0 amide bonds. The van der Waals surface area contributed by atoms with Crippen LogP contribution in [0.15, 0.2) is 11.3 Å². The van der Waals surface area contributed by atoms with E-state index in [-0.39, 0.29) is 0 Å². The van der Waals surface area contributed by atoms with E-state index in [0.29, 0.717) is 5.92 Å². The third kappa shape index (κ3) is 1.26. The minimum absolute atomic E-state index is 0.674. The highest BCUT2D eigenvalue weighted by Gasteiger charge is 2.13. The molecule has 52 valence electrons. The maximum atomic E-state index is 5.31. The number of rotatable bonds is 1. The zero-order valence-corrected chi connectivity index (χ0v) is 6.40. The second-order valence-electron chi connectivity index (χ2n) is 2.83. The summed E-state index contributed by atoms with van der Waals surface area (Å²) in [6, 6.07) is 0. The molecule has 0 aromatic heterocycles. The topological polar surface area (TPSA) is 9.23 Å². The first-order valence-electron chi connectivity index (χ1n) is 3.54. The van der Waals surface area contributed by atoms with Gasteiger partial charge in [0.05, 0.1) is 12.4 Å². The van der Waals surface area contributed by atoms with Gasteiger partial charge < -0.3 is 4.74 Å². The van der Waals surface area contributed by atoms with Crippen LogP contribution in [0.4, 0.5) is 0 Å². The fourth-order valence-corrected chi connectivity index (χ4v) is 1.28. The van der Waals surface area contributed by atoms with Crippen molar-refractivity contribution in [2.75, 3.05) is 6.61 Å². The first-order valence-corrected chi connectivity index (χ1v) is 3.54. The smallest absolute Gasteiger partial charge is 0.0924 e. The van der Waals surface area contributed by atoms with E-state index in [2.05, 4.69) is 20.8 Å². The van der Waals surface area contributed by atoms with Crippen LogP contribution in [0.3, 0.4) is 0 Å². The quantitative estimate of drug-likeness (QED) is 0.524. The summed E-state index contributed by atoms with van der Waals surface area (Å²) in [5.41, 5.74) is 1.50. The van der Waals surface area contributed by atoms with Gasteiger partial charge in [-0.25, -0.2) is 0 Å². The number of allylic oxidation sites excluding steroid dienone is 1. The molecule has 0 fully saturated rings. The molecule has 0 aromatic carbocycles. The molecule has 1 heterocycles. The van der Waals surface area contributed by atoms with Gasteiger partial charge in [-0.3, -0.25) is 0 Å². The molecule has 0 aromatic rings. The molecule has 0 saturated heterocycles. The summed E-state index contributed by atoms with van der Waals surface area (Å²) < 4.78 is 5.31. The molecule has 0 unspecified atom stereocenters. The van der Waals surface area contributed by atoms with Gasteiger partial charge in [0, 0.05) is 6.42 Å². The Balaban J connectivity index is 2.66. The average Bonchev–Trinajstić information content (AvgIpc) is 2.13. The van der Waals surface area contributed by atoms with E-state index in [1.165, 1.54) is 5.57 Å². The predicted molar refractivity (Wildman–Crippen MR) is 38.1 cm³/mol. The maximum absolute atomic E-state index is 5.31. The predicted octanol–water partition coefficient (Wildman–Crippen LogP) is 2.34. The zero-order valence-electron chi connectivity index (χ0n) is 6.40. The summed E-state index contributed by atoms with van der Waals surface area (Å²) in [6.45, 7) is 7.39. The first-order chi connectivity index (χ1) is 4.22. The molecule has 0 aliphatic carbocycles. The van der Waals surface area contributed by atoms with Crippen molar-refractivity contribution in [3.63, 3.8) is 0 Å². The van der Waals surface area contributed by atoms with Gasteiger partial charge in [-0.05, 0) is 18.4 Å². The molecule has 1 aliphatic heterocycles. The number of hydrogen-bond acceptors (Lipinski definition) is 1. The van der Waals surface area contributed by atoms with Crippen LogP contribution >= 0.6 is 0 Å². The van der Waals surface area contributed by atoms with Gasteiger partial charge in [0.1, 0.15) is 0 Å². The third-order valence-electron chi connectivity index (χ3n) is 1.84. The van der Waals surface area contributed by atoms with Crippen molar-refractivity contribution in [1.29, 1.82) is 0 Å². The molecule has 9 heavy (non-hydrogen) atoms. The van der Waals surface area contributed by atoms with E-state index in [0.717, 1.165) is 18.8 Å². The van der Waals surface area contributed by atoms with Crippen LogP contribution in [0, 0.1) is 5.92 Å². The van der Waals surface area contributed by atoms with Gasteiger partial charge in [-0.2, -0.15) is 0 Å². The van der Waals surface area contributed by atoms with Crippen LogP contribution < -0.4 is 0 Å². The van der Waals surface area contributed by atoms with Crippen LogP contribution in [0.25, 0.3) is 0 Å². The van der Waals surface area contributed by atoms with E-state index < -0.39 is 0 Å². The van der Waals surface area contributed by atoms with Gasteiger partial charge in [-0.15, -0.1) is 0 Å². The minimum atomic E-state index is 0.674. The summed E-state index contributed by atoms with van der Waals surface area (Å²) in [4.78, 5) is 0. The molecule has 1 nitrogen and oxygen atoms in total.